The minimum absolute atomic E-state index is 0.0762. The highest BCUT2D eigenvalue weighted by molar-refractivity contribution is 7.07. The van der Waals surface area contributed by atoms with Crippen LogP contribution in [-0.4, -0.2) is 32.1 Å². The molecule has 1 amide bonds. The van der Waals surface area contributed by atoms with E-state index in [1.165, 1.54) is 0 Å². The molecule has 2 aromatic heterocycles. The fourth-order valence-electron chi connectivity index (χ4n) is 2.93. The number of carbonyl (C=O) groups excluding carboxylic acids is 1. The van der Waals surface area contributed by atoms with Gasteiger partial charge < -0.3 is 9.47 Å². The van der Waals surface area contributed by atoms with E-state index < -0.39 is 0 Å². The summed E-state index contributed by atoms with van der Waals surface area (Å²) >= 11 is 1.64. The maximum Gasteiger partial charge on any atom is 0.227 e. The molecule has 0 aromatic carbocycles. The van der Waals surface area contributed by atoms with E-state index >= 15 is 0 Å². The van der Waals surface area contributed by atoms with Crippen LogP contribution in [0.15, 0.2) is 23.2 Å². The molecule has 0 saturated carbocycles. The molecule has 2 aromatic rings. The highest BCUT2D eigenvalue weighted by Crippen LogP contribution is 2.30. The highest BCUT2D eigenvalue weighted by Gasteiger charge is 2.31. The van der Waals surface area contributed by atoms with E-state index in [4.69, 9.17) is 0 Å². The Balaban J connectivity index is 1.79. The molecule has 1 fully saturated rings. The number of nitrogens with zero attached hydrogens (tertiary/aromatic N) is 4. The lowest BCUT2D eigenvalue weighted by Gasteiger charge is -2.35. The number of rotatable bonds is 4. The highest BCUT2D eigenvalue weighted by atomic mass is 32.1. The average Bonchev–Trinajstić information content (AvgIpc) is 3.18. The van der Waals surface area contributed by atoms with Gasteiger partial charge in [0.2, 0.25) is 5.91 Å². The molecule has 21 heavy (non-hydrogen) atoms. The van der Waals surface area contributed by atoms with E-state index in [0.717, 1.165) is 43.7 Å². The van der Waals surface area contributed by atoms with Crippen LogP contribution in [0.2, 0.25) is 0 Å². The van der Waals surface area contributed by atoms with Gasteiger partial charge in [-0.1, -0.05) is 0 Å². The van der Waals surface area contributed by atoms with Gasteiger partial charge in [-0.05, 0) is 48.6 Å². The van der Waals surface area contributed by atoms with Gasteiger partial charge in [0.1, 0.15) is 6.33 Å². The second-order valence-electron chi connectivity index (χ2n) is 5.38. The van der Waals surface area contributed by atoms with Crippen molar-refractivity contribution in [2.45, 2.75) is 45.2 Å². The maximum atomic E-state index is 12.6. The van der Waals surface area contributed by atoms with Crippen LogP contribution in [0.1, 0.15) is 43.6 Å². The van der Waals surface area contributed by atoms with Gasteiger partial charge in [-0.25, -0.2) is 0 Å². The van der Waals surface area contributed by atoms with Crippen molar-refractivity contribution in [1.29, 1.82) is 0 Å². The van der Waals surface area contributed by atoms with Crippen LogP contribution in [0.5, 0.6) is 0 Å². The largest absolute Gasteiger partial charge is 0.332 e. The third-order valence-electron chi connectivity index (χ3n) is 4.04. The third-order valence-corrected chi connectivity index (χ3v) is 4.77. The predicted octanol–water partition coefficient (Wildman–Crippen LogP) is 2.66. The molecular formula is C15H20N4OS. The average molecular weight is 304 g/mol. The van der Waals surface area contributed by atoms with E-state index in [-0.39, 0.29) is 11.9 Å². The molecule has 0 N–H and O–H groups in total. The van der Waals surface area contributed by atoms with Gasteiger partial charge in [0.15, 0.2) is 5.82 Å². The van der Waals surface area contributed by atoms with Crippen molar-refractivity contribution in [2.75, 3.05) is 6.54 Å². The number of likely N-dealkylation sites (tertiary alicyclic amines) is 1. The summed E-state index contributed by atoms with van der Waals surface area (Å²) in [4.78, 5) is 14.6. The molecule has 112 valence electrons. The summed E-state index contributed by atoms with van der Waals surface area (Å²) in [6, 6.07) is 2.10. The van der Waals surface area contributed by atoms with Crippen molar-refractivity contribution in [3.05, 3.63) is 34.5 Å². The summed E-state index contributed by atoms with van der Waals surface area (Å²) in [7, 11) is 0. The monoisotopic (exact) mass is 304 g/mol. The summed E-state index contributed by atoms with van der Waals surface area (Å²) in [5.74, 6) is 1.12. The number of aromatic nitrogens is 3. The van der Waals surface area contributed by atoms with Crippen molar-refractivity contribution in [1.82, 2.24) is 19.7 Å². The molecule has 1 aliphatic heterocycles. The zero-order valence-electron chi connectivity index (χ0n) is 12.2. The van der Waals surface area contributed by atoms with Gasteiger partial charge >= 0.3 is 0 Å². The SMILES string of the molecule is CCn1cnnc1[C@@H]1CCCCN1C(=O)Cc1ccsc1. The molecule has 0 aliphatic carbocycles. The molecule has 0 bridgehead atoms. The normalized spacial score (nSPS) is 18.9. The van der Waals surface area contributed by atoms with Gasteiger partial charge in [0.25, 0.3) is 0 Å². The number of thiophene rings is 1. The first-order valence-electron chi connectivity index (χ1n) is 7.48. The predicted molar refractivity (Wildman–Crippen MR) is 82.0 cm³/mol. The second kappa shape index (κ2) is 6.39. The van der Waals surface area contributed by atoms with Gasteiger partial charge in [-0.15, -0.1) is 10.2 Å². The van der Waals surface area contributed by atoms with Crippen LogP contribution in [0, 0.1) is 0 Å². The van der Waals surface area contributed by atoms with Crippen LogP contribution < -0.4 is 0 Å². The number of aryl methyl sites for hydroxylation is 1. The lowest BCUT2D eigenvalue weighted by atomic mass is 10.0. The Labute approximate surface area is 128 Å². The summed E-state index contributed by atoms with van der Waals surface area (Å²) in [5.41, 5.74) is 1.10. The van der Waals surface area contributed by atoms with Crippen LogP contribution in [0.3, 0.4) is 0 Å². The van der Waals surface area contributed by atoms with Crippen molar-refractivity contribution < 1.29 is 4.79 Å². The smallest absolute Gasteiger partial charge is 0.227 e. The van der Waals surface area contributed by atoms with Crippen molar-refractivity contribution in [2.24, 2.45) is 0 Å². The number of hydrogen-bond donors (Lipinski definition) is 0. The van der Waals surface area contributed by atoms with Gasteiger partial charge in [-0.2, -0.15) is 11.3 Å². The molecule has 3 heterocycles. The second-order valence-corrected chi connectivity index (χ2v) is 6.16. The van der Waals surface area contributed by atoms with E-state index in [1.807, 2.05) is 26.3 Å². The fourth-order valence-corrected chi connectivity index (χ4v) is 3.60. The number of carbonyl (C=O) groups is 1. The molecule has 1 aliphatic rings. The van der Waals surface area contributed by atoms with Crippen molar-refractivity contribution >= 4 is 17.2 Å². The Kier molecular flexibility index (Phi) is 4.34. The topological polar surface area (TPSA) is 51.0 Å². The van der Waals surface area contributed by atoms with Crippen molar-refractivity contribution in [3.8, 4) is 0 Å². The van der Waals surface area contributed by atoms with Gasteiger partial charge in [0.05, 0.1) is 12.5 Å². The quantitative estimate of drug-likeness (QED) is 0.872. The lowest BCUT2D eigenvalue weighted by Crippen LogP contribution is -2.40. The summed E-state index contributed by atoms with van der Waals surface area (Å²) < 4.78 is 2.04. The molecule has 0 unspecified atom stereocenters. The van der Waals surface area contributed by atoms with E-state index in [0.29, 0.717) is 6.42 Å². The first-order chi connectivity index (χ1) is 10.3. The van der Waals surface area contributed by atoms with Crippen LogP contribution in [0.4, 0.5) is 0 Å². The van der Waals surface area contributed by atoms with E-state index in [1.54, 1.807) is 17.7 Å². The minimum atomic E-state index is 0.0762. The zero-order chi connectivity index (χ0) is 14.7. The van der Waals surface area contributed by atoms with Crippen LogP contribution in [-0.2, 0) is 17.8 Å². The van der Waals surface area contributed by atoms with Gasteiger partial charge in [-0.3, -0.25) is 4.79 Å². The molecule has 0 spiro atoms. The van der Waals surface area contributed by atoms with E-state index in [9.17, 15) is 4.79 Å². The van der Waals surface area contributed by atoms with Crippen molar-refractivity contribution in [3.63, 3.8) is 0 Å². The number of piperidine rings is 1. The minimum Gasteiger partial charge on any atom is -0.332 e. The summed E-state index contributed by atoms with van der Waals surface area (Å²) in [5, 5.41) is 12.3. The summed E-state index contributed by atoms with van der Waals surface area (Å²) in [6.07, 6.45) is 5.44. The molecule has 3 rings (SSSR count). The fraction of sp³-hybridized carbons (Fsp3) is 0.533. The molecule has 1 atom stereocenters. The molecule has 5 nitrogen and oxygen atoms in total. The molecule has 6 heteroatoms. The van der Waals surface area contributed by atoms with Crippen LogP contribution in [0.25, 0.3) is 0 Å². The Bertz CT molecular complexity index is 593. The molecule has 1 saturated heterocycles. The number of amides is 1. The maximum absolute atomic E-state index is 12.6. The van der Waals surface area contributed by atoms with E-state index in [2.05, 4.69) is 17.1 Å². The summed E-state index contributed by atoms with van der Waals surface area (Å²) in [6.45, 7) is 3.74. The number of hydrogen-bond acceptors (Lipinski definition) is 4. The lowest BCUT2D eigenvalue weighted by molar-refractivity contribution is -0.134. The standard InChI is InChI=1S/C15H20N4OS/c1-2-18-11-16-17-15(18)13-5-3-4-7-19(13)14(20)9-12-6-8-21-10-12/h6,8,10-11,13H,2-5,7,9H2,1H3/t13-/m0/s1. The Hall–Kier alpha value is -1.69. The zero-order valence-corrected chi connectivity index (χ0v) is 13.1. The third kappa shape index (κ3) is 3.00. The first-order valence-corrected chi connectivity index (χ1v) is 8.42. The Morgan fingerprint density at radius 1 is 1.48 bits per heavy atom. The Morgan fingerprint density at radius 3 is 3.14 bits per heavy atom. The molecule has 0 radical (unpaired) electrons. The first kappa shape index (κ1) is 14.3. The van der Waals surface area contributed by atoms with Gasteiger partial charge in [0, 0.05) is 13.1 Å². The Morgan fingerprint density at radius 2 is 2.38 bits per heavy atom. The van der Waals surface area contributed by atoms with Crippen LogP contribution >= 0.6 is 11.3 Å². The molecular weight excluding hydrogens is 284 g/mol.